The molecular formula is C17H31N. The van der Waals surface area contributed by atoms with Gasteiger partial charge in [-0.2, -0.15) is 0 Å². The van der Waals surface area contributed by atoms with E-state index in [0.29, 0.717) is 5.41 Å². The molecule has 3 fully saturated rings. The van der Waals surface area contributed by atoms with Crippen molar-refractivity contribution in [3.05, 3.63) is 0 Å². The SMILES string of the molecule is CC(C)C(C)(C)CNC1CC2CC1C1CCCC21. The van der Waals surface area contributed by atoms with E-state index in [1.165, 1.54) is 25.8 Å². The number of nitrogens with one attached hydrogen (secondary N) is 1. The van der Waals surface area contributed by atoms with Crippen molar-refractivity contribution in [3.8, 4) is 0 Å². The van der Waals surface area contributed by atoms with Gasteiger partial charge in [-0.15, -0.1) is 0 Å². The zero-order valence-electron chi connectivity index (χ0n) is 12.7. The van der Waals surface area contributed by atoms with Crippen LogP contribution in [0, 0.1) is 35.0 Å². The fraction of sp³-hybridized carbons (Fsp3) is 1.00. The summed E-state index contributed by atoms with van der Waals surface area (Å²) in [6, 6.07) is 0.854. The summed E-state index contributed by atoms with van der Waals surface area (Å²) in [7, 11) is 0. The van der Waals surface area contributed by atoms with Gasteiger partial charge in [-0.3, -0.25) is 0 Å². The topological polar surface area (TPSA) is 12.0 Å². The summed E-state index contributed by atoms with van der Waals surface area (Å²) in [6.07, 6.45) is 7.65. The van der Waals surface area contributed by atoms with Gasteiger partial charge in [0.05, 0.1) is 0 Å². The van der Waals surface area contributed by atoms with Crippen molar-refractivity contribution >= 4 is 0 Å². The van der Waals surface area contributed by atoms with E-state index in [0.717, 1.165) is 35.6 Å². The van der Waals surface area contributed by atoms with Crippen LogP contribution in [0.15, 0.2) is 0 Å². The predicted octanol–water partition coefficient (Wildman–Crippen LogP) is 4.08. The van der Waals surface area contributed by atoms with Crippen molar-refractivity contribution in [3.63, 3.8) is 0 Å². The smallest absolute Gasteiger partial charge is 0.0101 e. The number of hydrogen-bond donors (Lipinski definition) is 1. The average molecular weight is 249 g/mol. The molecule has 0 amide bonds. The highest BCUT2D eigenvalue weighted by atomic mass is 15.0. The predicted molar refractivity (Wildman–Crippen MR) is 77.5 cm³/mol. The highest BCUT2D eigenvalue weighted by molar-refractivity contribution is 5.05. The maximum absolute atomic E-state index is 3.95. The molecule has 0 spiro atoms. The minimum atomic E-state index is 0.441. The van der Waals surface area contributed by atoms with Crippen molar-refractivity contribution in [1.82, 2.24) is 5.32 Å². The summed E-state index contributed by atoms with van der Waals surface area (Å²) in [6.45, 7) is 10.7. The standard InChI is InChI=1S/C17H31N/c1-11(2)17(3,4)10-18-16-9-12-8-15(16)14-7-5-6-13(12)14/h11-16,18H,5-10H2,1-4H3. The second kappa shape index (κ2) is 4.51. The lowest BCUT2D eigenvalue weighted by molar-refractivity contribution is 0.173. The molecule has 0 saturated heterocycles. The monoisotopic (exact) mass is 249 g/mol. The van der Waals surface area contributed by atoms with Crippen molar-refractivity contribution < 1.29 is 0 Å². The van der Waals surface area contributed by atoms with Crippen LogP contribution in [-0.4, -0.2) is 12.6 Å². The van der Waals surface area contributed by atoms with Gasteiger partial charge in [-0.1, -0.05) is 34.1 Å². The van der Waals surface area contributed by atoms with Crippen LogP contribution in [-0.2, 0) is 0 Å². The van der Waals surface area contributed by atoms with E-state index in [1.807, 2.05) is 0 Å². The fourth-order valence-corrected chi connectivity index (χ4v) is 4.90. The zero-order chi connectivity index (χ0) is 12.9. The van der Waals surface area contributed by atoms with Crippen molar-refractivity contribution in [1.29, 1.82) is 0 Å². The summed E-state index contributed by atoms with van der Waals surface area (Å²) < 4.78 is 0. The third kappa shape index (κ3) is 2.03. The average Bonchev–Trinajstić information content (AvgIpc) is 2.98. The normalized spacial score (nSPS) is 42.8. The maximum Gasteiger partial charge on any atom is 0.0101 e. The molecule has 1 heteroatoms. The molecule has 3 rings (SSSR count). The summed E-state index contributed by atoms with van der Waals surface area (Å²) in [5.74, 6) is 5.12. The van der Waals surface area contributed by atoms with Crippen LogP contribution in [0.5, 0.6) is 0 Å². The van der Waals surface area contributed by atoms with Gasteiger partial charge in [-0.25, -0.2) is 0 Å². The van der Waals surface area contributed by atoms with Gasteiger partial charge in [0.15, 0.2) is 0 Å². The summed E-state index contributed by atoms with van der Waals surface area (Å²) >= 11 is 0. The Bertz CT molecular complexity index is 307. The number of fused-ring (bicyclic) bond motifs is 5. The van der Waals surface area contributed by atoms with E-state index in [9.17, 15) is 0 Å². The van der Waals surface area contributed by atoms with E-state index < -0.39 is 0 Å². The minimum Gasteiger partial charge on any atom is -0.313 e. The van der Waals surface area contributed by atoms with Crippen LogP contribution in [0.2, 0.25) is 0 Å². The molecule has 18 heavy (non-hydrogen) atoms. The number of rotatable bonds is 4. The third-order valence-electron chi connectivity index (χ3n) is 6.81. The van der Waals surface area contributed by atoms with E-state index in [1.54, 1.807) is 12.8 Å². The Labute approximate surface area is 113 Å². The van der Waals surface area contributed by atoms with Gasteiger partial charge in [0.25, 0.3) is 0 Å². The first kappa shape index (κ1) is 13.0. The Balaban J connectivity index is 1.57. The van der Waals surface area contributed by atoms with E-state index >= 15 is 0 Å². The molecule has 0 aromatic heterocycles. The highest BCUT2D eigenvalue weighted by Crippen LogP contribution is 2.58. The largest absolute Gasteiger partial charge is 0.313 e. The Morgan fingerprint density at radius 3 is 2.50 bits per heavy atom. The molecule has 0 aliphatic heterocycles. The quantitative estimate of drug-likeness (QED) is 0.791. The van der Waals surface area contributed by atoms with Gasteiger partial charge in [0.2, 0.25) is 0 Å². The van der Waals surface area contributed by atoms with E-state index in [-0.39, 0.29) is 0 Å². The molecule has 3 aliphatic carbocycles. The molecule has 0 aromatic rings. The second-order valence-electron chi connectivity index (χ2n) is 8.28. The van der Waals surface area contributed by atoms with Crippen LogP contribution >= 0.6 is 0 Å². The van der Waals surface area contributed by atoms with E-state index in [2.05, 4.69) is 33.0 Å². The Morgan fingerprint density at radius 2 is 1.78 bits per heavy atom. The molecule has 1 N–H and O–H groups in total. The van der Waals surface area contributed by atoms with E-state index in [4.69, 9.17) is 0 Å². The van der Waals surface area contributed by atoms with Gasteiger partial charge in [-0.05, 0) is 60.7 Å². The maximum atomic E-state index is 3.95. The Morgan fingerprint density at radius 1 is 1.06 bits per heavy atom. The minimum absolute atomic E-state index is 0.441. The van der Waals surface area contributed by atoms with Crippen molar-refractivity contribution in [2.75, 3.05) is 6.54 Å². The summed E-state index contributed by atoms with van der Waals surface area (Å²) in [4.78, 5) is 0. The highest BCUT2D eigenvalue weighted by Gasteiger charge is 2.53. The molecule has 2 bridgehead atoms. The van der Waals surface area contributed by atoms with Crippen LogP contribution in [0.3, 0.4) is 0 Å². The van der Waals surface area contributed by atoms with Crippen LogP contribution in [0.25, 0.3) is 0 Å². The van der Waals surface area contributed by atoms with Crippen molar-refractivity contribution in [2.24, 2.45) is 35.0 Å². The molecule has 0 aromatic carbocycles. The van der Waals surface area contributed by atoms with Gasteiger partial charge >= 0.3 is 0 Å². The molecule has 3 aliphatic rings. The van der Waals surface area contributed by atoms with Gasteiger partial charge < -0.3 is 5.32 Å². The molecular weight excluding hydrogens is 218 g/mol. The van der Waals surface area contributed by atoms with Gasteiger partial charge in [0.1, 0.15) is 0 Å². The molecule has 1 nitrogen and oxygen atoms in total. The zero-order valence-corrected chi connectivity index (χ0v) is 12.7. The number of hydrogen-bond acceptors (Lipinski definition) is 1. The Hall–Kier alpha value is -0.0400. The fourth-order valence-electron chi connectivity index (χ4n) is 4.90. The third-order valence-corrected chi connectivity index (χ3v) is 6.81. The van der Waals surface area contributed by atoms with Crippen LogP contribution in [0.4, 0.5) is 0 Å². The lowest BCUT2D eigenvalue weighted by Crippen LogP contribution is -2.44. The lowest BCUT2D eigenvalue weighted by atomic mass is 9.77. The summed E-state index contributed by atoms with van der Waals surface area (Å²) in [5.41, 5.74) is 0.441. The molecule has 104 valence electrons. The summed E-state index contributed by atoms with van der Waals surface area (Å²) in [5, 5.41) is 3.95. The first-order valence-corrected chi connectivity index (χ1v) is 8.22. The molecule has 5 atom stereocenters. The van der Waals surface area contributed by atoms with Crippen LogP contribution < -0.4 is 5.32 Å². The molecule has 0 heterocycles. The van der Waals surface area contributed by atoms with Crippen LogP contribution in [0.1, 0.15) is 59.8 Å². The first-order valence-electron chi connectivity index (χ1n) is 8.22. The lowest BCUT2D eigenvalue weighted by Gasteiger charge is -2.36. The molecule has 5 unspecified atom stereocenters. The van der Waals surface area contributed by atoms with Crippen molar-refractivity contribution in [2.45, 2.75) is 65.8 Å². The Kier molecular flexibility index (Phi) is 3.25. The van der Waals surface area contributed by atoms with Gasteiger partial charge in [0, 0.05) is 12.6 Å². The first-order chi connectivity index (χ1) is 8.49. The molecule has 3 saturated carbocycles. The second-order valence-corrected chi connectivity index (χ2v) is 8.28. The molecule has 0 radical (unpaired) electrons.